The molecule has 6 heteroatoms. The van der Waals surface area contributed by atoms with Crippen LogP contribution in [-0.2, 0) is 12.0 Å². The highest BCUT2D eigenvalue weighted by Crippen LogP contribution is 2.43. The summed E-state index contributed by atoms with van der Waals surface area (Å²) in [4.78, 5) is 11.3. The second-order valence-corrected chi connectivity index (χ2v) is 8.23. The number of aliphatic imine (C=N–C) groups is 1. The number of hydrogen-bond donors (Lipinski definition) is 0. The zero-order chi connectivity index (χ0) is 25.9. The Morgan fingerprint density at radius 2 is 1.62 bits per heavy atom. The number of nitrogens with zero attached hydrogens (tertiary/aromatic N) is 4. The largest absolute Gasteiger partial charge is 0.497 e. The van der Waals surface area contributed by atoms with Crippen LogP contribution in [0.3, 0.4) is 0 Å². The van der Waals surface area contributed by atoms with E-state index in [2.05, 4.69) is 51.4 Å². The molecule has 0 radical (unpaired) electrons. The first-order chi connectivity index (χ1) is 17.9. The third-order valence-electron chi connectivity index (χ3n) is 6.28. The average molecular weight is 456 g/mol. The molecule has 3 aromatic carbocycles. The van der Waals surface area contributed by atoms with E-state index in [1.807, 2.05) is 54.9 Å². The molecule has 172 valence electrons. The van der Waals surface area contributed by atoms with Crippen molar-refractivity contribution in [2.24, 2.45) is 4.99 Å². The van der Waals surface area contributed by atoms with Crippen molar-refractivity contribution in [2.75, 3.05) is 20.2 Å². The lowest BCUT2D eigenvalue weighted by atomic mass is 9.75. The first-order valence-electron chi connectivity index (χ1n) is 12.7. The molecule has 0 saturated heterocycles. The molecule has 0 spiro atoms. The van der Waals surface area contributed by atoms with Gasteiger partial charge in [-0.15, -0.1) is 0 Å². The van der Waals surface area contributed by atoms with Crippen molar-refractivity contribution in [2.45, 2.75) is 24.7 Å². The van der Waals surface area contributed by atoms with Gasteiger partial charge in [0.1, 0.15) is 11.3 Å². The molecule has 0 N–H and O–H groups in total. The van der Waals surface area contributed by atoms with Crippen LogP contribution >= 0.6 is 0 Å². The molecule has 4 aromatic rings. The molecule has 1 aromatic heterocycles. The summed E-state index contributed by atoms with van der Waals surface area (Å²) in [7, 11) is 1.66. The van der Waals surface area contributed by atoms with Gasteiger partial charge >= 0.3 is 0 Å². The van der Waals surface area contributed by atoms with Crippen molar-refractivity contribution in [3.8, 4) is 5.75 Å². The van der Waals surface area contributed by atoms with E-state index in [-0.39, 0.29) is 18.2 Å². The van der Waals surface area contributed by atoms with Gasteiger partial charge in [0.05, 0.1) is 25.9 Å². The van der Waals surface area contributed by atoms with E-state index in [1.165, 1.54) is 0 Å². The lowest BCUT2D eigenvalue weighted by molar-refractivity contribution is 0.228. The van der Waals surface area contributed by atoms with Crippen LogP contribution in [0, 0.1) is 0 Å². The van der Waals surface area contributed by atoms with E-state index in [9.17, 15) is 0 Å². The molecule has 34 heavy (non-hydrogen) atoms. The predicted molar refractivity (Wildman–Crippen MR) is 132 cm³/mol. The van der Waals surface area contributed by atoms with Crippen LogP contribution in [0.4, 0.5) is 0 Å². The van der Waals surface area contributed by atoms with E-state index in [4.69, 9.17) is 18.4 Å². The maximum Gasteiger partial charge on any atom is 0.233 e. The number of ether oxygens (including phenoxy) is 1. The summed E-state index contributed by atoms with van der Waals surface area (Å²) in [6, 6.07) is 28.7. The van der Waals surface area contributed by atoms with Crippen molar-refractivity contribution in [3.63, 3.8) is 0 Å². The highest BCUT2D eigenvalue weighted by Gasteiger charge is 2.43. The molecule has 1 aliphatic heterocycles. The Balaban J connectivity index is 1.62. The Morgan fingerprint density at radius 3 is 2.24 bits per heavy atom. The number of benzene rings is 3. The zero-order valence-electron chi connectivity index (χ0n) is 22.0. The summed E-state index contributed by atoms with van der Waals surface area (Å²) in [6.07, 6.45) is 1.65. The first-order valence-corrected chi connectivity index (χ1v) is 11.2. The summed E-state index contributed by atoms with van der Waals surface area (Å²) >= 11 is 0. The molecular weight excluding hydrogens is 424 g/mol. The second-order valence-electron chi connectivity index (χ2n) is 8.23. The van der Waals surface area contributed by atoms with Crippen molar-refractivity contribution in [1.82, 2.24) is 15.0 Å². The Bertz CT molecular complexity index is 1300. The molecule has 1 atom stereocenters. The molecule has 1 unspecified atom stereocenters. The first kappa shape index (κ1) is 18.5. The third-order valence-corrected chi connectivity index (χ3v) is 6.28. The van der Waals surface area contributed by atoms with Gasteiger partial charge in [-0.1, -0.05) is 84.8 Å². The monoisotopic (exact) mass is 455 g/mol. The number of rotatable bonds is 7. The topological polar surface area (TPSA) is 63.8 Å². The van der Waals surface area contributed by atoms with E-state index in [1.54, 1.807) is 7.11 Å². The van der Waals surface area contributed by atoms with Crippen LogP contribution in [0.1, 0.15) is 45.3 Å². The number of aromatic nitrogens is 2. The van der Waals surface area contributed by atoms with Gasteiger partial charge in [0.25, 0.3) is 0 Å². The van der Waals surface area contributed by atoms with E-state index in [0.717, 1.165) is 22.4 Å². The molecule has 0 fully saturated rings. The Kier molecular flexibility index (Phi) is 5.17. The lowest BCUT2D eigenvalue weighted by Gasteiger charge is -2.46. The summed E-state index contributed by atoms with van der Waals surface area (Å²) in [5, 5.41) is 3.93. The molecule has 5 rings (SSSR count). The second kappa shape index (κ2) is 9.51. The van der Waals surface area contributed by atoms with E-state index < -0.39 is 12.4 Å². The average Bonchev–Trinajstić information content (AvgIpc) is 3.38. The van der Waals surface area contributed by atoms with Gasteiger partial charge in [-0.25, -0.2) is 0 Å². The van der Waals surface area contributed by atoms with Crippen LogP contribution in [0.25, 0.3) is 0 Å². The molecule has 0 amide bonds. The highest BCUT2D eigenvalue weighted by atomic mass is 16.5. The Morgan fingerprint density at radius 1 is 0.971 bits per heavy atom. The van der Waals surface area contributed by atoms with Crippen LogP contribution in [-0.4, -0.2) is 41.6 Å². The van der Waals surface area contributed by atoms with Gasteiger partial charge < -0.3 is 14.2 Å². The fourth-order valence-corrected chi connectivity index (χ4v) is 4.69. The zero-order valence-corrected chi connectivity index (χ0v) is 19.0. The Hall–Kier alpha value is -3.93. The van der Waals surface area contributed by atoms with E-state index >= 15 is 0 Å². The van der Waals surface area contributed by atoms with Gasteiger partial charge in [0.2, 0.25) is 5.89 Å². The normalized spacial score (nSPS) is 17.6. The molecule has 0 saturated carbocycles. The highest BCUT2D eigenvalue weighted by molar-refractivity contribution is 5.65. The van der Waals surface area contributed by atoms with Crippen molar-refractivity contribution in [1.29, 1.82) is 0 Å². The predicted octanol–water partition coefficient (Wildman–Crippen LogP) is 5.06. The maximum atomic E-state index is 7.52. The van der Waals surface area contributed by atoms with Crippen molar-refractivity contribution < 1.29 is 13.4 Å². The minimum absolute atomic E-state index is 0.184. The summed E-state index contributed by atoms with van der Waals surface area (Å²) in [6.45, 7) is -1.16. The fourth-order valence-electron chi connectivity index (χ4n) is 4.69. The fraction of sp³-hybridized carbons (Fsp3) is 0.250. The minimum Gasteiger partial charge on any atom is -0.497 e. The standard InChI is InChI=1S/C28H28N4O2/c1-3-26-30-27(34-31-26)21-18-29-20-32(19-21)28(22-10-6-4-7-11-22,23-12-8-5-9-13-23)24-14-16-25(33-2)17-15-24/h4-17,20-21H,3,18-19H2,1-2H3/i1D3. The summed E-state index contributed by atoms with van der Waals surface area (Å²) < 4.78 is 33.5. The number of hydrogen-bond acceptors (Lipinski definition) is 6. The van der Waals surface area contributed by atoms with Crippen LogP contribution in [0.15, 0.2) is 94.4 Å². The maximum absolute atomic E-state index is 7.52. The molecular formula is C28H28N4O2. The number of aryl methyl sites for hydroxylation is 1. The van der Waals surface area contributed by atoms with Gasteiger partial charge in [-0.2, -0.15) is 4.98 Å². The van der Waals surface area contributed by atoms with Crippen LogP contribution in [0.5, 0.6) is 5.75 Å². The minimum atomic E-state index is -2.16. The van der Waals surface area contributed by atoms with Gasteiger partial charge in [-0.05, 0) is 28.8 Å². The van der Waals surface area contributed by atoms with Gasteiger partial charge in [0, 0.05) is 17.1 Å². The summed E-state index contributed by atoms with van der Waals surface area (Å²) in [5.41, 5.74) is 2.49. The molecule has 2 heterocycles. The van der Waals surface area contributed by atoms with Gasteiger partial charge in [-0.3, -0.25) is 4.99 Å². The van der Waals surface area contributed by atoms with Crippen LogP contribution in [0.2, 0.25) is 0 Å². The lowest BCUT2D eigenvalue weighted by Crippen LogP contribution is -2.50. The van der Waals surface area contributed by atoms with E-state index in [0.29, 0.717) is 19.0 Å². The molecule has 1 aliphatic rings. The van der Waals surface area contributed by atoms with Crippen molar-refractivity contribution >= 4 is 6.34 Å². The number of methoxy groups -OCH3 is 1. The quantitative estimate of drug-likeness (QED) is 0.365. The smallest absolute Gasteiger partial charge is 0.233 e. The molecule has 0 bridgehead atoms. The SMILES string of the molecule is [2H]C([2H])([2H])Cc1noc(C2CN=CN(C(c3ccccc3)(c3ccccc3)c3ccc(OC)cc3)C2)n1. The molecule has 6 nitrogen and oxygen atoms in total. The van der Waals surface area contributed by atoms with Crippen molar-refractivity contribution in [3.05, 3.63) is 113 Å². The van der Waals surface area contributed by atoms with Gasteiger partial charge in [0.15, 0.2) is 5.82 Å². The van der Waals surface area contributed by atoms with Crippen LogP contribution < -0.4 is 4.74 Å². The summed E-state index contributed by atoms with van der Waals surface area (Å²) in [5.74, 6) is 1.15. The Labute approximate surface area is 204 Å². The molecule has 0 aliphatic carbocycles. The third kappa shape index (κ3) is 3.85.